The molecule has 60 heavy (non-hydrogen) atoms. The number of rotatable bonds is 14. The molecule has 312 valence electrons. The van der Waals surface area contributed by atoms with Crippen molar-refractivity contribution in [2.45, 2.75) is 70.4 Å². The van der Waals surface area contributed by atoms with Crippen LogP contribution in [0.4, 0.5) is 5.69 Å². The van der Waals surface area contributed by atoms with Gasteiger partial charge in [-0.15, -0.1) is 0 Å². The number of carbonyl (C=O) groups excluding carboxylic acids is 5. The molecular weight excluding hydrogens is 755 g/mol. The van der Waals surface area contributed by atoms with E-state index in [4.69, 9.17) is 0 Å². The highest BCUT2D eigenvalue weighted by atomic mass is 16.2. The van der Waals surface area contributed by atoms with E-state index >= 15 is 0 Å². The predicted octanol–water partition coefficient (Wildman–Crippen LogP) is 5.20. The van der Waals surface area contributed by atoms with Gasteiger partial charge in [0.25, 0.3) is 11.8 Å². The van der Waals surface area contributed by atoms with E-state index in [0.29, 0.717) is 31.0 Å². The second-order valence-electron chi connectivity index (χ2n) is 16.0. The predicted molar refractivity (Wildman–Crippen MR) is 232 cm³/mol. The molecule has 2 N–H and O–H groups in total. The number of carbonyl (C=O) groups is 5. The number of allylic oxidation sites excluding steroid dienone is 1. The van der Waals surface area contributed by atoms with E-state index in [1.807, 2.05) is 47.4 Å². The zero-order chi connectivity index (χ0) is 41.7. The van der Waals surface area contributed by atoms with E-state index < -0.39 is 11.9 Å². The summed E-state index contributed by atoms with van der Waals surface area (Å²) in [5.74, 6) is 6.22. The number of hydrogen-bond acceptors (Lipinski definition) is 8. The van der Waals surface area contributed by atoms with Crippen LogP contribution >= 0.6 is 0 Å². The number of benzene rings is 2. The lowest BCUT2D eigenvalue weighted by Crippen LogP contribution is -2.52. The van der Waals surface area contributed by atoms with Gasteiger partial charge in [-0.2, -0.15) is 0 Å². The average Bonchev–Trinajstić information content (AvgIpc) is 3.61. The summed E-state index contributed by atoms with van der Waals surface area (Å²) in [5, 5.41) is 5.23. The molecule has 5 heterocycles. The van der Waals surface area contributed by atoms with Crippen molar-refractivity contribution in [1.29, 1.82) is 0 Å². The molecule has 0 aliphatic carbocycles. The van der Waals surface area contributed by atoms with Gasteiger partial charge in [0.2, 0.25) is 17.7 Å². The van der Waals surface area contributed by atoms with Crippen molar-refractivity contribution in [3.05, 3.63) is 113 Å². The van der Waals surface area contributed by atoms with Gasteiger partial charge in [0, 0.05) is 106 Å². The van der Waals surface area contributed by atoms with Gasteiger partial charge in [0.1, 0.15) is 6.04 Å². The number of fused-ring (bicyclic) bond motifs is 1. The molecule has 1 atom stereocenters. The Balaban J connectivity index is 0.749. The van der Waals surface area contributed by atoms with E-state index in [-0.39, 0.29) is 30.0 Å². The fourth-order valence-corrected chi connectivity index (χ4v) is 8.42. The fraction of sp³-hybridized carbons (Fsp3) is 0.417. The summed E-state index contributed by atoms with van der Waals surface area (Å²) >= 11 is 0. The third kappa shape index (κ3) is 11.2. The first-order chi connectivity index (χ1) is 29.3. The monoisotopic (exact) mass is 809 g/mol. The summed E-state index contributed by atoms with van der Waals surface area (Å²) < 4.78 is 0. The fourth-order valence-electron chi connectivity index (χ4n) is 8.42. The van der Waals surface area contributed by atoms with Crippen LogP contribution in [0, 0.1) is 17.8 Å². The molecule has 4 aliphatic rings. The molecule has 3 saturated heterocycles. The Morgan fingerprint density at radius 3 is 2.47 bits per heavy atom. The molecule has 0 radical (unpaired) electrons. The number of nitrogens with zero attached hydrogens (tertiary/aromatic N) is 5. The molecule has 0 saturated carbocycles. The lowest BCUT2D eigenvalue weighted by Gasteiger charge is -2.36. The van der Waals surface area contributed by atoms with Crippen LogP contribution in [0.2, 0.25) is 0 Å². The van der Waals surface area contributed by atoms with Crippen LogP contribution in [-0.2, 0) is 20.9 Å². The van der Waals surface area contributed by atoms with Gasteiger partial charge in [-0.1, -0.05) is 42.5 Å². The van der Waals surface area contributed by atoms with Crippen LogP contribution in [0.15, 0.2) is 85.2 Å². The smallest absolute Gasteiger partial charge is 0.255 e. The number of piperazine rings is 1. The Hall–Kier alpha value is -6.06. The van der Waals surface area contributed by atoms with Gasteiger partial charge in [0.15, 0.2) is 0 Å². The number of piperidine rings is 2. The number of imide groups is 1. The normalized spacial score (nSPS) is 18.8. The first kappa shape index (κ1) is 42.1. The highest BCUT2D eigenvalue weighted by Gasteiger charge is 2.39. The molecule has 7 rings (SSSR count). The minimum atomic E-state index is -0.626. The molecule has 3 fully saturated rings. The average molecular weight is 810 g/mol. The van der Waals surface area contributed by atoms with Crippen LogP contribution in [0.25, 0.3) is 6.08 Å². The summed E-state index contributed by atoms with van der Waals surface area (Å²) in [5.41, 5.74) is 5.08. The third-order valence-electron chi connectivity index (χ3n) is 12.0. The Morgan fingerprint density at radius 1 is 0.883 bits per heavy atom. The topological polar surface area (TPSA) is 135 Å². The summed E-state index contributed by atoms with van der Waals surface area (Å²) in [6, 6.07) is 16.8. The summed E-state index contributed by atoms with van der Waals surface area (Å²) in [7, 11) is 0. The molecule has 12 nitrogen and oxygen atoms in total. The second kappa shape index (κ2) is 20.8. The molecule has 12 heteroatoms. The number of nitrogens with one attached hydrogen (secondary N) is 2. The summed E-state index contributed by atoms with van der Waals surface area (Å²) in [6.45, 7) is 7.35. The van der Waals surface area contributed by atoms with Gasteiger partial charge in [-0.3, -0.25) is 39.2 Å². The van der Waals surface area contributed by atoms with Gasteiger partial charge >= 0.3 is 0 Å². The van der Waals surface area contributed by atoms with Crippen molar-refractivity contribution in [1.82, 2.24) is 30.3 Å². The molecule has 0 bridgehead atoms. The first-order valence-corrected chi connectivity index (χ1v) is 21.5. The van der Waals surface area contributed by atoms with Crippen LogP contribution in [-0.4, -0.2) is 108 Å². The van der Waals surface area contributed by atoms with Crippen molar-refractivity contribution in [3.63, 3.8) is 0 Å². The maximum Gasteiger partial charge on any atom is 0.255 e. The zero-order valence-electron chi connectivity index (χ0n) is 34.3. The minimum Gasteiger partial charge on any atom is -0.369 e. The lowest BCUT2D eigenvalue weighted by molar-refractivity contribution is -0.137. The molecule has 2 aromatic carbocycles. The molecule has 1 unspecified atom stereocenters. The maximum absolute atomic E-state index is 13.3. The Labute approximate surface area is 353 Å². The van der Waals surface area contributed by atoms with Gasteiger partial charge in [0.05, 0.1) is 0 Å². The summed E-state index contributed by atoms with van der Waals surface area (Å²) in [4.78, 5) is 75.0. The Kier molecular flexibility index (Phi) is 14.6. The van der Waals surface area contributed by atoms with Crippen LogP contribution in [0.1, 0.15) is 95.2 Å². The maximum atomic E-state index is 13.3. The van der Waals surface area contributed by atoms with Crippen molar-refractivity contribution >= 4 is 41.3 Å². The van der Waals surface area contributed by atoms with Crippen molar-refractivity contribution in [2.75, 3.05) is 57.3 Å². The number of pyridine rings is 1. The van der Waals surface area contributed by atoms with E-state index in [0.717, 1.165) is 119 Å². The van der Waals surface area contributed by atoms with E-state index in [9.17, 15) is 24.0 Å². The van der Waals surface area contributed by atoms with Crippen LogP contribution in [0.3, 0.4) is 0 Å². The van der Waals surface area contributed by atoms with E-state index in [1.54, 1.807) is 29.4 Å². The molecule has 0 spiro atoms. The second-order valence-corrected chi connectivity index (χ2v) is 16.0. The van der Waals surface area contributed by atoms with Gasteiger partial charge in [-0.05, 0) is 111 Å². The summed E-state index contributed by atoms with van der Waals surface area (Å²) in [6.07, 6.45) is 18.3. The molecule has 4 aliphatic heterocycles. The number of hydrogen-bond donors (Lipinski definition) is 2. The van der Waals surface area contributed by atoms with Crippen LogP contribution < -0.4 is 15.5 Å². The highest BCUT2D eigenvalue weighted by Crippen LogP contribution is 2.30. The Bertz CT molecular complexity index is 2120. The number of unbranched alkanes of at least 4 members (excludes halogenated alkanes) is 3. The first-order valence-electron chi connectivity index (χ1n) is 21.5. The molecule has 1 aromatic heterocycles. The highest BCUT2D eigenvalue weighted by molar-refractivity contribution is 6.05. The zero-order valence-corrected chi connectivity index (χ0v) is 34.3. The third-order valence-corrected chi connectivity index (χ3v) is 12.0. The van der Waals surface area contributed by atoms with Crippen molar-refractivity contribution < 1.29 is 24.0 Å². The van der Waals surface area contributed by atoms with Crippen molar-refractivity contribution in [2.24, 2.45) is 5.92 Å². The van der Waals surface area contributed by atoms with E-state index in [1.165, 1.54) is 6.08 Å². The number of likely N-dealkylation sites (tertiary alicyclic amines) is 1. The molecule has 5 amide bonds. The quantitative estimate of drug-likeness (QED) is 0.0747. The van der Waals surface area contributed by atoms with Crippen LogP contribution in [0.5, 0.6) is 0 Å². The van der Waals surface area contributed by atoms with Crippen molar-refractivity contribution in [3.8, 4) is 11.8 Å². The standard InChI is InChI=1S/C48H55N7O5/c56-44(21-15-37-11-9-25-49-34-37)50-26-6-5-10-36-23-28-54(29-24-36)47(59)39-16-18-40(19-17-39)53-32-30-52(31-33-53)27-7-3-1-2-4-12-38-13-8-14-41-42(38)35-55(48(41)60)43-20-22-45(57)51-46(43)58/h5-6,8-9,11,13-19,21,25,34,36,43H,1-3,7,10,20,22-24,26-33,35H2,(H,50,56)(H,51,57,58)/b6-5+,21-15+. The lowest BCUT2D eigenvalue weighted by atomic mass is 9.93. The van der Waals surface area contributed by atoms with Gasteiger partial charge in [-0.25, -0.2) is 0 Å². The molecular formula is C48H55N7O5. The SMILES string of the molecule is O=C(/C=C/c1cccnc1)NC/C=C/CC1CCN(C(=O)c2ccc(N3CCN(CCCCCC#Cc4cccc5c4CN(C4CCC(=O)NC4=O)C5=O)CC3)cc2)CC1. The number of anilines is 1. The largest absolute Gasteiger partial charge is 0.369 e. The van der Waals surface area contributed by atoms with E-state index in [2.05, 4.69) is 55.5 Å². The number of aromatic nitrogens is 1. The molecule has 3 aromatic rings. The number of amides is 5. The van der Waals surface area contributed by atoms with Gasteiger partial charge < -0.3 is 20.0 Å². The minimum absolute atomic E-state index is 0.104. The Morgan fingerprint density at radius 2 is 1.70 bits per heavy atom.